The predicted octanol–water partition coefficient (Wildman–Crippen LogP) is 0.704. The molecular weight excluding hydrogens is 154 g/mol. The Bertz CT molecular complexity index is 209. The molecule has 0 aromatic heterocycles. The average Bonchev–Trinajstić information content (AvgIpc) is 2.34. The lowest BCUT2D eigenvalue weighted by atomic mass is 10.2. The molecule has 66 valence electrons. The molecule has 0 radical (unpaired) electrons. The van der Waals surface area contributed by atoms with Crippen LogP contribution in [0.5, 0.6) is 0 Å². The molecule has 1 saturated heterocycles. The van der Waals surface area contributed by atoms with Gasteiger partial charge >= 0.3 is 6.03 Å². The highest BCUT2D eigenvalue weighted by Crippen LogP contribution is 2.07. The van der Waals surface area contributed by atoms with Gasteiger partial charge in [-0.05, 0) is 6.42 Å². The number of nitrogens with zero attached hydrogens (tertiary/aromatic N) is 2. The zero-order valence-corrected chi connectivity index (χ0v) is 7.21. The Morgan fingerprint density at radius 1 is 1.83 bits per heavy atom. The summed E-state index contributed by atoms with van der Waals surface area (Å²) in [5, 5.41) is 11.2. The van der Waals surface area contributed by atoms with E-state index in [4.69, 9.17) is 5.26 Å². The molecule has 1 atom stereocenters. The van der Waals surface area contributed by atoms with Gasteiger partial charge in [0.15, 0.2) is 0 Å². The van der Waals surface area contributed by atoms with Crippen LogP contribution in [0.25, 0.3) is 0 Å². The first-order chi connectivity index (χ1) is 5.77. The van der Waals surface area contributed by atoms with Crippen molar-refractivity contribution in [1.82, 2.24) is 10.2 Å². The first-order valence-corrected chi connectivity index (χ1v) is 4.20. The second-order valence-corrected chi connectivity index (χ2v) is 2.97. The van der Waals surface area contributed by atoms with Crippen LogP contribution in [0.2, 0.25) is 0 Å². The Kier molecular flexibility index (Phi) is 2.92. The molecule has 1 fully saturated rings. The number of hydrogen-bond donors (Lipinski definition) is 1. The Morgan fingerprint density at radius 2 is 2.58 bits per heavy atom. The van der Waals surface area contributed by atoms with Gasteiger partial charge in [0.05, 0.1) is 6.07 Å². The molecule has 0 bridgehead atoms. The fourth-order valence-electron chi connectivity index (χ4n) is 1.39. The second kappa shape index (κ2) is 3.96. The van der Waals surface area contributed by atoms with Crippen LogP contribution in [-0.4, -0.2) is 30.1 Å². The van der Waals surface area contributed by atoms with Crippen LogP contribution in [0.3, 0.4) is 0 Å². The molecule has 1 N–H and O–H groups in total. The van der Waals surface area contributed by atoms with E-state index in [2.05, 4.69) is 12.2 Å². The summed E-state index contributed by atoms with van der Waals surface area (Å²) in [5.74, 6) is 0. The van der Waals surface area contributed by atoms with Gasteiger partial charge in [-0.25, -0.2) is 4.79 Å². The SMILES string of the molecule is CCCC1CN(CC#N)C(=O)N1. The molecule has 0 aliphatic carbocycles. The van der Waals surface area contributed by atoms with Gasteiger partial charge in [0.25, 0.3) is 0 Å². The zero-order valence-electron chi connectivity index (χ0n) is 7.21. The number of carbonyl (C=O) groups excluding carboxylic acids is 1. The van der Waals surface area contributed by atoms with E-state index < -0.39 is 0 Å². The largest absolute Gasteiger partial charge is 0.333 e. The number of hydrogen-bond acceptors (Lipinski definition) is 2. The molecule has 4 heteroatoms. The number of nitrogens with one attached hydrogen (secondary N) is 1. The Balaban J connectivity index is 2.40. The van der Waals surface area contributed by atoms with Gasteiger partial charge in [-0.2, -0.15) is 5.26 Å². The highest BCUT2D eigenvalue weighted by atomic mass is 16.2. The van der Waals surface area contributed by atoms with E-state index in [0.29, 0.717) is 6.54 Å². The van der Waals surface area contributed by atoms with Crippen LogP contribution in [-0.2, 0) is 0 Å². The lowest BCUT2D eigenvalue weighted by Crippen LogP contribution is -2.28. The summed E-state index contributed by atoms with van der Waals surface area (Å²) in [4.78, 5) is 12.7. The second-order valence-electron chi connectivity index (χ2n) is 2.97. The van der Waals surface area contributed by atoms with E-state index in [0.717, 1.165) is 12.8 Å². The van der Waals surface area contributed by atoms with Crippen molar-refractivity contribution in [3.8, 4) is 6.07 Å². The summed E-state index contributed by atoms with van der Waals surface area (Å²) in [6, 6.07) is 2.11. The minimum absolute atomic E-state index is 0.102. The predicted molar refractivity (Wildman–Crippen MR) is 44.4 cm³/mol. The minimum atomic E-state index is -0.102. The summed E-state index contributed by atoms with van der Waals surface area (Å²) >= 11 is 0. The van der Waals surface area contributed by atoms with Crippen molar-refractivity contribution in [2.75, 3.05) is 13.1 Å². The molecule has 1 unspecified atom stereocenters. The van der Waals surface area contributed by atoms with Crippen molar-refractivity contribution in [1.29, 1.82) is 5.26 Å². The van der Waals surface area contributed by atoms with E-state index in [1.807, 2.05) is 6.07 Å². The fourth-order valence-corrected chi connectivity index (χ4v) is 1.39. The maximum absolute atomic E-state index is 11.1. The molecule has 2 amide bonds. The average molecular weight is 167 g/mol. The summed E-state index contributed by atoms with van der Waals surface area (Å²) in [6.45, 7) is 2.96. The topological polar surface area (TPSA) is 56.1 Å². The van der Waals surface area contributed by atoms with Gasteiger partial charge in [0, 0.05) is 12.6 Å². The minimum Gasteiger partial charge on any atom is -0.333 e. The molecular formula is C8H13N3O. The summed E-state index contributed by atoms with van der Waals surface area (Å²) < 4.78 is 0. The molecule has 0 aromatic carbocycles. The smallest absolute Gasteiger partial charge is 0.318 e. The third-order valence-corrected chi connectivity index (χ3v) is 1.95. The Hall–Kier alpha value is -1.24. The van der Waals surface area contributed by atoms with E-state index in [9.17, 15) is 4.79 Å². The van der Waals surface area contributed by atoms with E-state index >= 15 is 0 Å². The van der Waals surface area contributed by atoms with Crippen LogP contribution in [0.4, 0.5) is 4.79 Å². The molecule has 0 spiro atoms. The van der Waals surface area contributed by atoms with Crippen molar-refractivity contribution in [2.45, 2.75) is 25.8 Å². The van der Waals surface area contributed by atoms with E-state index in [1.54, 1.807) is 4.90 Å². The van der Waals surface area contributed by atoms with Gasteiger partial charge in [0.1, 0.15) is 6.54 Å². The lowest BCUT2D eigenvalue weighted by molar-refractivity contribution is 0.222. The molecule has 1 aliphatic rings. The molecule has 1 heterocycles. The van der Waals surface area contributed by atoms with Crippen LogP contribution in [0.15, 0.2) is 0 Å². The van der Waals surface area contributed by atoms with Gasteiger partial charge in [0.2, 0.25) is 0 Å². The quantitative estimate of drug-likeness (QED) is 0.629. The first kappa shape index (κ1) is 8.85. The zero-order chi connectivity index (χ0) is 8.97. The Morgan fingerprint density at radius 3 is 3.17 bits per heavy atom. The Labute approximate surface area is 72.2 Å². The van der Waals surface area contributed by atoms with Crippen molar-refractivity contribution in [3.05, 3.63) is 0 Å². The van der Waals surface area contributed by atoms with Crippen LogP contribution in [0.1, 0.15) is 19.8 Å². The van der Waals surface area contributed by atoms with Crippen LogP contribution >= 0.6 is 0 Å². The number of rotatable bonds is 3. The number of nitriles is 1. The lowest BCUT2D eigenvalue weighted by Gasteiger charge is -2.08. The van der Waals surface area contributed by atoms with Crippen molar-refractivity contribution in [3.63, 3.8) is 0 Å². The molecule has 1 aliphatic heterocycles. The van der Waals surface area contributed by atoms with Crippen LogP contribution < -0.4 is 5.32 Å². The molecule has 12 heavy (non-hydrogen) atoms. The molecule has 1 rings (SSSR count). The van der Waals surface area contributed by atoms with Gasteiger partial charge in [-0.15, -0.1) is 0 Å². The maximum Gasteiger partial charge on any atom is 0.318 e. The van der Waals surface area contributed by atoms with Crippen LogP contribution in [0, 0.1) is 11.3 Å². The standard InChI is InChI=1S/C8H13N3O/c1-2-3-7-6-11(5-4-9)8(12)10-7/h7H,2-3,5-6H2,1H3,(H,10,12). The third kappa shape index (κ3) is 1.88. The fraction of sp³-hybridized carbons (Fsp3) is 0.750. The van der Waals surface area contributed by atoms with Gasteiger partial charge in [-0.3, -0.25) is 0 Å². The van der Waals surface area contributed by atoms with E-state index in [1.165, 1.54) is 0 Å². The van der Waals surface area contributed by atoms with Crippen molar-refractivity contribution in [2.24, 2.45) is 0 Å². The summed E-state index contributed by atoms with van der Waals surface area (Å²) in [7, 11) is 0. The number of carbonyl (C=O) groups is 1. The third-order valence-electron chi connectivity index (χ3n) is 1.95. The number of amides is 2. The first-order valence-electron chi connectivity index (χ1n) is 4.20. The molecule has 4 nitrogen and oxygen atoms in total. The van der Waals surface area contributed by atoms with E-state index in [-0.39, 0.29) is 18.6 Å². The van der Waals surface area contributed by atoms with Gasteiger partial charge < -0.3 is 10.2 Å². The van der Waals surface area contributed by atoms with Crippen molar-refractivity contribution < 1.29 is 4.79 Å². The van der Waals surface area contributed by atoms with Gasteiger partial charge in [-0.1, -0.05) is 13.3 Å². The monoisotopic (exact) mass is 167 g/mol. The highest BCUT2D eigenvalue weighted by molar-refractivity contribution is 5.77. The molecule has 0 saturated carbocycles. The summed E-state index contributed by atoms with van der Waals surface area (Å²) in [5.41, 5.74) is 0. The van der Waals surface area contributed by atoms with Crippen molar-refractivity contribution >= 4 is 6.03 Å². The molecule has 0 aromatic rings. The highest BCUT2D eigenvalue weighted by Gasteiger charge is 2.27. The normalized spacial score (nSPS) is 22.2. The summed E-state index contributed by atoms with van der Waals surface area (Å²) in [6.07, 6.45) is 2.05. The maximum atomic E-state index is 11.1. The number of urea groups is 1.